The van der Waals surface area contributed by atoms with E-state index in [0.717, 1.165) is 23.0 Å². The van der Waals surface area contributed by atoms with E-state index in [1.807, 2.05) is 38.1 Å². The molecule has 1 N–H and O–H groups in total. The van der Waals surface area contributed by atoms with Crippen molar-refractivity contribution in [2.45, 2.75) is 50.6 Å². The van der Waals surface area contributed by atoms with Gasteiger partial charge in [-0.1, -0.05) is 18.2 Å². The Balaban J connectivity index is 1.53. The monoisotopic (exact) mass is 386 g/mol. The number of ketones is 1. The van der Waals surface area contributed by atoms with Crippen LogP contribution in [-0.2, 0) is 14.3 Å². The van der Waals surface area contributed by atoms with Gasteiger partial charge in [0.2, 0.25) is 11.7 Å². The van der Waals surface area contributed by atoms with Crippen molar-refractivity contribution in [2.24, 2.45) is 0 Å². The summed E-state index contributed by atoms with van der Waals surface area (Å²) in [5.74, 6) is -0.246. The number of ether oxygens (including phenoxy) is 1. The highest BCUT2D eigenvalue weighted by Crippen LogP contribution is 2.47. The van der Waals surface area contributed by atoms with Crippen LogP contribution < -0.4 is 0 Å². The number of rotatable bonds is 4. The number of benzene rings is 1. The first-order valence-corrected chi connectivity index (χ1v) is 10.1. The van der Waals surface area contributed by atoms with E-state index in [0.29, 0.717) is 17.7 Å². The lowest BCUT2D eigenvalue weighted by Crippen LogP contribution is -2.47. The van der Waals surface area contributed by atoms with E-state index in [2.05, 4.69) is 4.98 Å². The van der Waals surface area contributed by atoms with Crippen molar-refractivity contribution in [3.8, 4) is 0 Å². The van der Waals surface area contributed by atoms with Gasteiger partial charge >= 0.3 is 5.97 Å². The van der Waals surface area contributed by atoms with Crippen molar-refractivity contribution in [3.05, 3.63) is 35.5 Å². The van der Waals surface area contributed by atoms with Gasteiger partial charge in [-0.15, -0.1) is 11.8 Å². The summed E-state index contributed by atoms with van der Waals surface area (Å²) in [6.45, 7) is 5.41. The topological polar surface area (TPSA) is 79.5 Å². The van der Waals surface area contributed by atoms with E-state index in [9.17, 15) is 14.4 Å². The van der Waals surface area contributed by atoms with Crippen LogP contribution in [0.5, 0.6) is 0 Å². The number of hydrogen-bond donors (Lipinski definition) is 1. The number of para-hydroxylation sites is 1. The van der Waals surface area contributed by atoms with Gasteiger partial charge in [-0.2, -0.15) is 0 Å². The number of H-pyrrole nitrogens is 1. The van der Waals surface area contributed by atoms with Crippen molar-refractivity contribution in [2.75, 3.05) is 5.75 Å². The number of amides is 1. The number of esters is 1. The molecule has 2 fully saturated rings. The van der Waals surface area contributed by atoms with Gasteiger partial charge in [-0.05, 0) is 33.3 Å². The van der Waals surface area contributed by atoms with Crippen LogP contribution in [0.2, 0.25) is 0 Å². The average Bonchev–Trinajstić information content (AvgIpc) is 3.24. The average molecular weight is 386 g/mol. The molecule has 0 spiro atoms. The molecular weight excluding hydrogens is 364 g/mol. The molecule has 1 amide bonds. The summed E-state index contributed by atoms with van der Waals surface area (Å²) in [7, 11) is 0. The lowest BCUT2D eigenvalue weighted by molar-refractivity contribution is -0.155. The molecule has 142 valence electrons. The quantitative estimate of drug-likeness (QED) is 0.645. The number of fused-ring (bicyclic) bond motifs is 2. The van der Waals surface area contributed by atoms with Crippen LogP contribution >= 0.6 is 11.8 Å². The number of carbonyl (C=O) groups excluding carboxylic acids is 3. The lowest BCUT2D eigenvalue weighted by atomic mass is 10.0. The maximum atomic E-state index is 13.0. The smallest absolute Gasteiger partial charge is 0.330 e. The Morgan fingerprint density at radius 1 is 1.37 bits per heavy atom. The Hall–Kier alpha value is -2.28. The number of thioether (sulfide) groups is 1. The Bertz CT molecular complexity index is 953. The Labute approximate surface area is 161 Å². The molecule has 4 rings (SSSR count). The molecule has 6 nitrogen and oxygen atoms in total. The molecule has 7 heteroatoms. The van der Waals surface area contributed by atoms with Crippen molar-refractivity contribution >= 4 is 40.3 Å². The summed E-state index contributed by atoms with van der Waals surface area (Å²) < 4.78 is 5.52. The zero-order valence-electron chi connectivity index (χ0n) is 15.6. The molecule has 0 radical (unpaired) electrons. The molecular formula is C20H22N2O4S. The highest BCUT2D eigenvalue weighted by Gasteiger charge is 2.53. The van der Waals surface area contributed by atoms with Crippen LogP contribution in [0.3, 0.4) is 0 Å². The maximum absolute atomic E-state index is 13.0. The summed E-state index contributed by atoms with van der Waals surface area (Å²) in [5.41, 5.74) is 2.18. The summed E-state index contributed by atoms with van der Waals surface area (Å²) in [4.78, 5) is 42.4. The minimum atomic E-state index is -0.912. The first-order valence-electron chi connectivity index (χ1n) is 9.10. The minimum absolute atomic E-state index is 0.0177. The van der Waals surface area contributed by atoms with Crippen LogP contribution in [0.1, 0.15) is 42.7 Å². The first-order chi connectivity index (χ1) is 12.8. The number of hydrogen-bond acceptors (Lipinski definition) is 5. The fraction of sp³-hybridized carbons (Fsp3) is 0.450. The lowest BCUT2D eigenvalue weighted by Gasteiger charge is -2.29. The molecule has 2 aromatic rings. The first kappa shape index (κ1) is 18.1. The van der Waals surface area contributed by atoms with Crippen LogP contribution in [0, 0.1) is 6.92 Å². The molecule has 0 unspecified atom stereocenters. The van der Waals surface area contributed by atoms with Gasteiger partial charge in [0.25, 0.3) is 0 Å². The van der Waals surface area contributed by atoms with Crippen LogP contribution in [-0.4, -0.2) is 50.3 Å². The predicted octanol–water partition coefficient (Wildman–Crippen LogP) is 3.04. The highest BCUT2D eigenvalue weighted by atomic mass is 32.2. The van der Waals surface area contributed by atoms with Gasteiger partial charge < -0.3 is 14.6 Å². The van der Waals surface area contributed by atoms with Crippen LogP contribution in [0.4, 0.5) is 0 Å². The summed E-state index contributed by atoms with van der Waals surface area (Å²) in [6.07, 6.45) is 0.282. The normalized spacial score (nSPS) is 25.7. The van der Waals surface area contributed by atoms with E-state index in [4.69, 9.17) is 4.74 Å². The molecule has 3 heterocycles. The molecule has 0 bridgehead atoms. The number of aromatic amines is 1. The molecule has 3 atom stereocenters. The minimum Gasteiger partial charge on any atom is -0.453 e. The van der Waals surface area contributed by atoms with Crippen molar-refractivity contribution in [3.63, 3.8) is 0 Å². The molecule has 2 saturated heterocycles. The Morgan fingerprint density at radius 2 is 2.11 bits per heavy atom. The van der Waals surface area contributed by atoms with Crippen molar-refractivity contribution in [1.29, 1.82) is 0 Å². The summed E-state index contributed by atoms with van der Waals surface area (Å²) >= 11 is 1.61. The number of aryl methyl sites for hydroxylation is 1. The van der Waals surface area contributed by atoms with Gasteiger partial charge in [-0.25, -0.2) is 4.79 Å². The van der Waals surface area contributed by atoms with Crippen molar-refractivity contribution in [1.82, 2.24) is 9.88 Å². The number of aromatic nitrogens is 1. The Morgan fingerprint density at radius 3 is 2.89 bits per heavy atom. The van der Waals surface area contributed by atoms with Crippen LogP contribution in [0.25, 0.3) is 10.9 Å². The third kappa shape index (κ3) is 2.84. The SMILES string of the molecule is Cc1[nH]c2ccccc2c1C(=O)[C@H](C)OC(=O)[C@H]1CS[C@]2(C)CCC(=O)N12. The van der Waals surface area contributed by atoms with Crippen LogP contribution in [0.15, 0.2) is 24.3 Å². The third-order valence-corrected chi connectivity index (χ3v) is 7.02. The zero-order chi connectivity index (χ0) is 19.3. The molecule has 2 aliphatic rings. The second-order valence-electron chi connectivity index (χ2n) is 7.38. The number of nitrogens with zero attached hydrogens (tertiary/aromatic N) is 1. The van der Waals surface area contributed by atoms with Gasteiger partial charge in [0.1, 0.15) is 6.04 Å². The maximum Gasteiger partial charge on any atom is 0.330 e. The molecule has 1 aromatic heterocycles. The fourth-order valence-electron chi connectivity index (χ4n) is 4.10. The largest absolute Gasteiger partial charge is 0.453 e. The van der Waals surface area contributed by atoms with E-state index in [1.165, 1.54) is 0 Å². The molecule has 2 aliphatic heterocycles. The second-order valence-corrected chi connectivity index (χ2v) is 8.88. The van der Waals surface area contributed by atoms with E-state index >= 15 is 0 Å². The Kier molecular flexibility index (Phi) is 4.29. The standard InChI is InChI=1S/C20H22N2O4S/c1-11-17(13-6-4-5-7-14(13)21-11)18(24)12(2)26-19(25)15-10-27-20(3)9-8-16(23)22(15)20/h4-7,12,15,21H,8-10H2,1-3H3/t12-,15+,20+/m0/s1. The molecule has 1 aromatic carbocycles. The van der Waals surface area contributed by atoms with E-state index in [1.54, 1.807) is 23.6 Å². The van der Waals surface area contributed by atoms with Gasteiger partial charge in [0.05, 0.1) is 4.87 Å². The summed E-state index contributed by atoms with van der Waals surface area (Å²) in [6, 6.07) is 6.94. The highest BCUT2D eigenvalue weighted by molar-refractivity contribution is 8.01. The van der Waals surface area contributed by atoms with Gasteiger partial charge in [-0.3, -0.25) is 9.59 Å². The zero-order valence-corrected chi connectivity index (χ0v) is 16.4. The van der Waals surface area contributed by atoms with Gasteiger partial charge in [0, 0.05) is 34.3 Å². The van der Waals surface area contributed by atoms with Gasteiger partial charge in [0.15, 0.2) is 6.10 Å². The fourth-order valence-corrected chi connectivity index (χ4v) is 5.52. The second kappa shape index (κ2) is 6.41. The third-order valence-electron chi connectivity index (χ3n) is 5.52. The number of nitrogens with one attached hydrogen (secondary N) is 1. The van der Waals surface area contributed by atoms with E-state index in [-0.39, 0.29) is 16.6 Å². The van der Waals surface area contributed by atoms with Crippen molar-refractivity contribution < 1.29 is 19.1 Å². The summed E-state index contributed by atoms with van der Waals surface area (Å²) in [5, 5.41) is 0.821. The molecule has 0 aliphatic carbocycles. The molecule has 0 saturated carbocycles. The van der Waals surface area contributed by atoms with E-state index < -0.39 is 18.1 Å². The predicted molar refractivity (Wildman–Crippen MR) is 104 cm³/mol. The molecule has 27 heavy (non-hydrogen) atoms. The number of carbonyl (C=O) groups is 3. The number of Topliss-reactive ketones (excluding diaryl/α,β-unsaturated/α-hetero) is 1.